The molecule has 0 aromatic heterocycles. The Balaban J connectivity index is 2.74. The van der Waals surface area contributed by atoms with Crippen molar-refractivity contribution in [2.24, 2.45) is 5.41 Å². The summed E-state index contributed by atoms with van der Waals surface area (Å²) in [6.07, 6.45) is 0.981. The monoisotopic (exact) mass is 176 g/mol. The van der Waals surface area contributed by atoms with E-state index in [-0.39, 0.29) is 12.0 Å². The Morgan fingerprint density at radius 3 is 2.45 bits per heavy atom. The minimum absolute atomic E-state index is 0.118. The van der Waals surface area contributed by atoms with Crippen LogP contribution in [0.25, 0.3) is 0 Å². The quantitative estimate of drug-likeness (QED) is 0.623. The fraction of sp³-hybridized carbons (Fsp3) is 1.00. The molecule has 0 amide bonds. The highest BCUT2D eigenvalue weighted by molar-refractivity contribution is 7.99. The molecule has 1 aliphatic heterocycles. The first kappa shape index (κ1) is 9.36. The van der Waals surface area contributed by atoms with E-state index in [2.05, 4.69) is 0 Å². The second kappa shape index (κ2) is 2.96. The van der Waals surface area contributed by atoms with E-state index in [0.717, 1.165) is 12.2 Å². The Hall–Kier alpha value is 0.270. The van der Waals surface area contributed by atoms with Crippen LogP contribution in [0.4, 0.5) is 0 Å². The van der Waals surface area contributed by atoms with Gasteiger partial charge in [-0.1, -0.05) is 13.8 Å². The van der Waals surface area contributed by atoms with Crippen LogP contribution in [0.15, 0.2) is 0 Å². The molecule has 11 heavy (non-hydrogen) atoms. The lowest BCUT2D eigenvalue weighted by atomic mass is 9.74. The maximum absolute atomic E-state index is 9.94. The largest absolute Gasteiger partial charge is 0.393 e. The zero-order valence-corrected chi connectivity index (χ0v) is 7.95. The van der Waals surface area contributed by atoms with Crippen molar-refractivity contribution < 1.29 is 10.2 Å². The van der Waals surface area contributed by atoms with E-state index >= 15 is 0 Å². The fourth-order valence-corrected chi connectivity index (χ4v) is 2.87. The van der Waals surface area contributed by atoms with Gasteiger partial charge in [-0.25, -0.2) is 0 Å². The summed E-state index contributed by atoms with van der Waals surface area (Å²) in [5.74, 6) is 1.76. The lowest BCUT2D eigenvalue weighted by Gasteiger charge is -2.44. The summed E-state index contributed by atoms with van der Waals surface area (Å²) in [5, 5.41) is 19.0. The zero-order valence-electron chi connectivity index (χ0n) is 7.13. The summed E-state index contributed by atoms with van der Waals surface area (Å²) < 4.78 is 0. The molecular formula is C8H16O2S. The van der Waals surface area contributed by atoms with Crippen LogP contribution in [0.5, 0.6) is 0 Å². The summed E-state index contributed by atoms with van der Waals surface area (Å²) in [4.78, 5) is 0. The van der Waals surface area contributed by atoms with Crippen LogP contribution < -0.4 is 0 Å². The third-order valence-electron chi connectivity index (χ3n) is 2.73. The van der Waals surface area contributed by atoms with Crippen molar-refractivity contribution in [1.82, 2.24) is 0 Å². The number of aliphatic hydroxyl groups is 2. The average molecular weight is 176 g/mol. The van der Waals surface area contributed by atoms with Gasteiger partial charge in [0, 0.05) is 5.75 Å². The van der Waals surface area contributed by atoms with E-state index in [1.165, 1.54) is 0 Å². The summed E-state index contributed by atoms with van der Waals surface area (Å²) in [5.41, 5.74) is -0.997. The average Bonchev–Trinajstić information content (AvgIpc) is 1.95. The van der Waals surface area contributed by atoms with Crippen LogP contribution in [0.2, 0.25) is 0 Å². The Bertz CT molecular complexity index is 147. The molecular weight excluding hydrogens is 160 g/mol. The van der Waals surface area contributed by atoms with Gasteiger partial charge in [0.15, 0.2) is 0 Å². The van der Waals surface area contributed by atoms with Crippen molar-refractivity contribution >= 4 is 11.8 Å². The predicted molar refractivity (Wildman–Crippen MR) is 47.8 cm³/mol. The van der Waals surface area contributed by atoms with Crippen molar-refractivity contribution in [1.29, 1.82) is 0 Å². The number of thioether (sulfide) groups is 1. The molecule has 1 rings (SSSR count). The molecule has 0 radical (unpaired) electrons. The molecule has 1 heterocycles. The summed E-state index contributed by atoms with van der Waals surface area (Å²) in [6, 6.07) is 0. The van der Waals surface area contributed by atoms with Crippen molar-refractivity contribution in [2.45, 2.75) is 25.9 Å². The SMILES string of the molecule is CC1(C)CCSCC1(O)CO. The van der Waals surface area contributed by atoms with Crippen molar-refractivity contribution in [3.63, 3.8) is 0 Å². The van der Waals surface area contributed by atoms with Crippen LogP contribution >= 0.6 is 11.8 Å². The zero-order chi connectivity index (χ0) is 8.54. The number of rotatable bonds is 1. The van der Waals surface area contributed by atoms with Gasteiger partial charge >= 0.3 is 0 Å². The minimum atomic E-state index is -0.865. The Morgan fingerprint density at radius 2 is 2.09 bits per heavy atom. The molecule has 0 aliphatic carbocycles. The maximum Gasteiger partial charge on any atom is 0.102 e. The van der Waals surface area contributed by atoms with Crippen LogP contribution in [0.1, 0.15) is 20.3 Å². The lowest BCUT2D eigenvalue weighted by Crippen LogP contribution is -2.52. The maximum atomic E-state index is 9.94. The van der Waals surface area contributed by atoms with Gasteiger partial charge in [0.25, 0.3) is 0 Å². The van der Waals surface area contributed by atoms with E-state index in [0.29, 0.717) is 5.75 Å². The van der Waals surface area contributed by atoms with Crippen molar-refractivity contribution in [3.8, 4) is 0 Å². The highest BCUT2D eigenvalue weighted by Gasteiger charge is 2.44. The van der Waals surface area contributed by atoms with E-state index in [1.54, 1.807) is 11.8 Å². The minimum Gasteiger partial charge on any atom is -0.393 e. The van der Waals surface area contributed by atoms with Gasteiger partial charge in [0.05, 0.1) is 6.61 Å². The molecule has 1 saturated heterocycles. The van der Waals surface area contributed by atoms with E-state index in [9.17, 15) is 5.11 Å². The number of hydrogen-bond acceptors (Lipinski definition) is 3. The molecule has 1 fully saturated rings. The van der Waals surface area contributed by atoms with Gasteiger partial charge in [-0.3, -0.25) is 0 Å². The normalized spacial score (nSPS) is 37.1. The predicted octanol–water partition coefficient (Wildman–Crippen LogP) is 0.873. The molecule has 1 unspecified atom stereocenters. The summed E-state index contributed by atoms with van der Waals surface area (Å²) >= 11 is 1.72. The molecule has 2 nitrogen and oxygen atoms in total. The second-order valence-electron chi connectivity index (χ2n) is 3.88. The number of hydrogen-bond donors (Lipinski definition) is 2. The molecule has 0 spiro atoms. The van der Waals surface area contributed by atoms with E-state index in [1.807, 2.05) is 13.8 Å². The lowest BCUT2D eigenvalue weighted by molar-refractivity contribution is -0.0878. The van der Waals surface area contributed by atoms with Gasteiger partial charge < -0.3 is 10.2 Å². The first-order valence-electron chi connectivity index (χ1n) is 3.93. The Labute approximate surface area is 72.0 Å². The van der Waals surface area contributed by atoms with Gasteiger partial charge in [-0.15, -0.1) is 0 Å². The van der Waals surface area contributed by atoms with Gasteiger partial charge in [-0.2, -0.15) is 11.8 Å². The third kappa shape index (κ3) is 1.55. The molecule has 0 bridgehead atoms. The Morgan fingerprint density at radius 1 is 1.45 bits per heavy atom. The first-order valence-corrected chi connectivity index (χ1v) is 5.08. The van der Waals surface area contributed by atoms with Crippen molar-refractivity contribution in [3.05, 3.63) is 0 Å². The van der Waals surface area contributed by atoms with Gasteiger partial charge in [0.2, 0.25) is 0 Å². The topological polar surface area (TPSA) is 40.5 Å². The molecule has 1 atom stereocenters. The molecule has 0 aromatic carbocycles. The van der Waals surface area contributed by atoms with E-state index in [4.69, 9.17) is 5.11 Å². The summed E-state index contributed by atoms with van der Waals surface area (Å²) in [7, 11) is 0. The van der Waals surface area contributed by atoms with Crippen LogP contribution in [-0.2, 0) is 0 Å². The molecule has 2 N–H and O–H groups in total. The molecule has 1 aliphatic rings. The highest BCUT2D eigenvalue weighted by atomic mass is 32.2. The first-order chi connectivity index (χ1) is 5.02. The highest BCUT2D eigenvalue weighted by Crippen LogP contribution is 2.41. The van der Waals surface area contributed by atoms with Crippen LogP contribution in [-0.4, -0.2) is 33.9 Å². The van der Waals surface area contributed by atoms with Crippen LogP contribution in [0.3, 0.4) is 0 Å². The third-order valence-corrected chi connectivity index (χ3v) is 3.91. The summed E-state index contributed by atoms with van der Waals surface area (Å²) in [6.45, 7) is 3.92. The molecule has 3 heteroatoms. The second-order valence-corrected chi connectivity index (χ2v) is 4.98. The van der Waals surface area contributed by atoms with Gasteiger partial charge in [0.1, 0.15) is 5.60 Å². The molecule has 66 valence electrons. The smallest absolute Gasteiger partial charge is 0.102 e. The molecule has 0 saturated carbocycles. The van der Waals surface area contributed by atoms with E-state index < -0.39 is 5.60 Å². The van der Waals surface area contributed by atoms with Gasteiger partial charge in [-0.05, 0) is 17.6 Å². The fourth-order valence-electron chi connectivity index (χ4n) is 1.26. The molecule has 0 aromatic rings. The van der Waals surface area contributed by atoms with Crippen molar-refractivity contribution in [2.75, 3.05) is 18.1 Å². The number of aliphatic hydroxyl groups excluding tert-OH is 1. The Kier molecular flexibility index (Phi) is 2.52. The standard InChI is InChI=1S/C8H16O2S/c1-7(2)3-4-11-6-8(7,10)5-9/h9-10H,3-6H2,1-2H3. The van der Waals surface area contributed by atoms with Crippen LogP contribution in [0, 0.1) is 5.41 Å².